The van der Waals surface area contributed by atoms with E-state index < -0.39 is 0 Å². The fourth-order valence-electron chi connectivity index (χ4n) is 3.04. The Balaban J connectivity index is 1.78. The van der Waals surface area contributed by atoms with Crippen LogP contribution in [0.3, 0.4) is 0 Å². The van der Waals surface area contributed by atoms with Gasteiger partial charge in [-0.1, -0.05) is 45.0 Å². The van der Waals surface area contributed by atoms with E-state index in [1.807, 2.05) is 13.8 Å². The molecule has 1 aromatic carbocycles. The summed E-state index contributed by atoms with van der Waals surface area (Å²) in [6, 6.07) is 9.23. The average Bonchev–Trinajstić information content (AvgIpc) is 2.48. The molecule has 0 aliphatic carbocycles. The lowest BCUT2D eigenvalue weighted by Crippen LogP contribution is -2.49. The van der Waals surface area contributed by atoms with E-state index in [0.717, 1.165) is 32.7 Å². The standard InChI is InChI=1S/C20H33N3O/c1-16(2)21-19(24)15-23-12-10-22(11-13-23)14-17-6-8-18(9-7-17)20(3,4)5/h6-9,16H,10-15H2,1-5H3,(H,21,24). The van der Waals surface area contributed by atoms with Gasteiger partial charge in [0.1, 0.15) is 0 Å². The molecule has 1 fully saturated rings. The zero-order valence-electron chi connectivity index (χ0n) is 15.9. The highest BCUT2D eigenvalue weighted by Gasteiger charge is 2.19. The van der Waals surface area contributed by atoms with Crippen molar-refractivity contribution in [3.05, 3.63) is 35.4 Å². The molecule has 1 aliphatic heterocycles. The number of piperazine rings is 1. The first-order valence-corrected chi connectivity index (χ1v) is 9.07. The van der Waals surface area contributed by atoms with Gasteiger partial charge in [0.2, 0.25) is 5.91 Å². The van der Waals surface area contributed by atoms with Crippen LogP contribution in [0.15, 0.2) is 24.3 Å². The number of amides is 1. The van der Waals surface area contributed by atoms with Crippen LogP contribution in [-0.2, 0) is 16.8 Å². The van der Waals surface area contributed by atoms with Crippen molar-refractivity contribution in [1.29, 1.82) is 0 Å². The molecule has 1 N–H and O–H groups in total. The van der Waals surface area contributed by atoms with Crippen LogP contribution in [0.4, 0.5) is 0 Å². The van der Waals surface area contributed by atoms with E-state index in [1.54, 1.807) is 0 Å². The maximum atomic E-state index is 11.8. The minimum Gasteiger partial charge on any atom is -0.353 e. The van der Waals surface area contributed by atoms with Crippen molar-refractivity contribution in [2.75, 3.05) is 32.7 Å². The lowest BCUT2D eigenvalue weighted by molar-refractivity contribution is -0.123. The number of carbonyl (C=O) groups is 1. The summed E-state index contributed by atoms with van der Waals surface area (Å²) < 4.78 is 0. The Bertz CT molecular complexity index is 523. The van der Waals surface area contributed by atoms with Crippen molar-refractivity contribution in [2.24, 2.45) is 0 Å². The van der Waals surface area contributed by atoms with Gasteiger partial charge >= 0.3 is 0 Å². The van der Waals surface area contributed by atoms with Gasteiger partial charge < -0.3 is 5.32 Å². The molecule has 1 amide bonds. The van der Waals surface area contributed by atoms with E-state index in [4.69, 9.17) is 0 Å². The first-order valence-electron chi connectivity index (χ1n) is 9.07. The Morgan fingerprint density at radius 3 is 2.08 bits per heavy atom. The molecule has 0 radical (unpaired) electrons. The van der Waals surface area contributed by atoms with E-state index in [-0.39, 0.29) is 17.4 Å². The van der Waals surface area contributed by atoms with Gasteiger partial charge in [-0.05, 0) is 30.4 Å². The summed E-state index contributed by atoms with van der Waals surface area (Å²) in [4.78, 5) is 16.6. The van der Waals surface area contributed by atoms with E-state index in [1.165, 1.54) is 11.1 Å². The lowest BCUT2D eigenvalue weighted by Gasteiger charge is -2.34. The molecular formula is C20H33N3O. The topological polar surface area (TPSA) is 35.6 Å². The van der Waals surface area contributed by atoms with Gasteiger partial charge in [-0.2, -0.15) is 0 Å². The van der Waals surface area contributed by atoms with E-state index >= 15 is 0 Å². The smallest absolute Gasteiger partial charge is 0.234 e. The largest absolute Gasteiger partial charge is 0.353 e. The highest BCUT2D eigenvalue weighted by atomic mass is 16.2. The van der Waals surface area contributed by atoms with Crippen LogP contribution in [0, 0.1) is 0 Å². The van der Waals surface area contributed by atoms with E-state index in [9.17, 15) is 4.79 Å². The quantitative estimate of drug-likeness (QED) is 0.901. The number of hydrogen-bond acceptors (Lipinski definition) is 3. The third kappa shape index (κ3) is 5.91. The number of benzene rings is 1. The van der Waals surface area contributed by atoms with Crippen LogP contribution in [0.1, 0.15) is 45.7 Å². The molecular weight excluding hydrogens is 298 g/mol. The third-order valence-electron chi connectivity index (χ3n) is 4.51. The molecule has 0 bridgehead atoms. The van der Waals surface area contributed by atoms with Gasteiger partial charge in [-0.25, -0.2) is 0 Å². The molecule has 1 heterocycles. The molecule has 0 saturated carbocycles. The summed E-state index contributed by atoms with van der Waals surface area (Å²) in [5.74, 6) is 0.135. The minimum absolute atomic E-state index is 0.135. The number of hydrogen-bond donors (Lipinski definition) is 1. The van der Waals surface area contributed by atoms with Gasteiger partial charge in [0, 0.05) is 38.8 Å². The monoisotopic (exact) mass is 331 g/mol. The van der Waals surface area contributed by atoms with Crippen molar-refractivity contribution in [3.8, 4) is 0 Å². The summed E-state index contributed by atoms with van der Waals surface area (Å²) in [6.45, 7) is 16.2. The number of carbonyl (C=O) groups excluding carboxylic acids is 1. The number of nitrogens with zero attached hydrogens (tertiary/aromatic N) is 2. The van der Waals surface area contributed by atoms with Crippen molar-refractivity contribution in [3.63, 3.8) is 0 Å². The molecule has 1 aromatic rings. The normalized spacial score (nSPS) is 17.2. The first-order chi connectivity index (χ1) is 11.2. The second-order valence-electron chi connectivity index (χ2n) is 8.22. The third-order valence-corrected chi connectivity index (χ3v) is 4.51. The molecule has 134 valence electrons. The van der Waals surface area contributed by atoms with E-state index in [2.05, 4.69) is 60.2 Å². The summed E-state index contributed by atoms with van der Waals surface area (Å²) in [7, 11) is 0. The Hall–Kier alpha value is -1.39. The lowest BCUT2D eigenvalue weighted by atomic mass is 9.87. The SMILES string of the molecule is CC(C)NC(=O)CN1CCN(Cc2ccc(C(C)(C)C)cc2)CC1. The fraction of sp³-hybridized carbons (Fsp3) is 0.650. The van der Waals surface area contributed by atoms with Crippen molar-refractivity contribution in [1.82, 2.24) is 15.1 Å². The Kier molecular flexibility index (Phi) is 6.41. The fourth-order valence-corrected chi connectivity index (χ4v) is 3.04. The maximum absolute atomic E-state index is 11.8. The number of rotatable bonds is 5. The second-order valence-corrected chi connectivity index (χ2v) is 8.22. The molecule has 4 heteroatoms. The van der Waals surface area contributed by atoms with Crippen LogP contribution in [-0.4, -0.2) is 54.5 Å². The van der Waals surface area contributed by atoms with Crippen LogP contribution < -0.4 is 5.32 Å². The second kappa shape index (κ2) is 8.13. The Labute approximate surface area is 147 Å². The summed E-state index contributed by atoms with van der Waals surface area (Å²) in [6.07, 6.45) is 0. The molecule has 24 heavy (non-hydrogen) atoms. The predicted molar refractivity (Wildman–Crippen MR) is 100 cm³/mol. The Morgan fingerprint density at radius 1 is 1.04 bits per heavy atom. The summed E-state index contributed by atoms with van der Waals surface area (Å²) >= 11 is 0. The zero-order valence-corrected chi connectivity index (χ0v) is 15.9. The van der Waals surface area contributed by atoms with Crippen molar-refractivity contribution >= 4 is 5.91 Å². The molecule has 0 atom stereocenters. The van der Waals surface area contributed by atoms with Crippen LogP contribution >= 0.6 is 0 Å². The minimum atomic E-state index is 0.135. The Morgan fingerprint density at radius 2 is 1.58 bits per heavy atom. The maximum Gasteiger partial charge on any atom is 0.234 e. The first kappa shape index (κ1) is 18.9. The van der Waals surface area contributed by atoms with E-state index in [0.29, 0.717) is 6.54 Å². The molecule has 2 rings (SSSR count). The molecule has 4 nitrogen and oxygen atoms in total. The van der Waals surface area contributed by atoms with Crippen LogP contribution in [0.25, 0.3) is 0 Å². The molecule has 1 aliphatic rings. The zero-order chi connectivity index (χ0) is 17.7. The highest BCUT2D eigenvalue weighted by molar-refractivity contribution is 5.78. The molecule has 1 saturated heterocycles. The summed E-state index contributed by atoms with van der Waals surface area (Å²) in [5.41, 5.74) is 2.96. The number of nitrogens with one attached hydrogen (secondary N) is 1. The average molecular weight is 332 g/mol. The van der Waals surface area contributed by atoms with Gasteiger partial charge in [0.25, 0.3) is 0 Å². The predicted octanol–water partition coefficient (Wildman–Crippen LogP) is 2.63. The van der Waals surface area contributed by atoms with Gasteiger partial charge in [-0.3, -0.25) is 14.6 Å². The van der Waals surface area contributed by atoms with Crippen molar-refractivity contribution < 1.29 is 4.79 Å². The van der Waals surface area contributed by atoms with Gasteiger partial charge in [0.15, 0.2) is 0 Å². The highest BCUT2D eigenvalue weighted by Crippen LogP contribution is 2.22. The van der Waals surface area contributed by atoms with Crippen LogP contribution in [0.5, 0.6) is 0 Å². The van der Waals surface area contributed by atoms with Gasteiger partial charge in [0.05, 0.1) is 6.54 Å². The van der Waals surface area contributed by atoms with Gasteiger partial charge in [-0.15, -0.1) is 0 Å². The van der Waals surface area contributed by atoms with Crippen LogP contribution in [0.2, 0.25) is 0 Å². The van der Waals surface area contributed by atoms with Crippen molar-refractivity contribution in [2.45, 2.75) is 52.6 Å². The molecule has 0 spiro atoms. The molecule has 0 aromatic heterocycles. The summed E-state index contributed by atoms with van der Waals surface area (Å²) in [5, 5.41) is 2.96. The molecule has 0 unspecified atom stereocenters.